The number of hydrogen-bond donors (Lipinski definition) is 4. The average molecular weight is 223 g/mol. The van der Waals surface area contributed by atoms with Crippen LogP contribution in [0.3, 0.4) is 0 Å². The molecule has 1 saturated carbocycles. The minimum atomic E-state index is -0.135. The quantitative estimate of drug-likeness (QED) is 0.439. The van der Waals surface area contributed by atoms with Gasteiger partial charge in [0, 0.05) is 12.2 Å². The summed E-state index contributed by atoms with van der Waals surface area (Å²) in [5, 5.41) is 12.7. The Morgan fingerprint density at radius 2 is 2.06 bits per heavy atom. The van der Waals surface area contributed by atoms with Crippen LogP contribution in [0.15, 0.2) is 12.3 Å². The van der Waals surface area contributed by atoms with Crippen molar-refractivity contribution in [3.05, 3.63) is 12.3 Å². The van der Waals surface area contributed by atoms with Gasteiger partial charge in [0.15, 0.2) is 0 Å². The highest BCUT2D eigenvalue weighted by molar-refractivity contribution is 5.39. The Balaban J connectivity index is 1.93. The molecule has 1 aromatic rings. The van der Waals surface area contributed by atoms with E-state index in [0.29, 0.717) is 12.0 Å². The van der Waals surface area contributed by atoms with Crippen LogP contribution in [-0.2, 0) is 0 Å². The molecule has 1 heterocycles. The van der Waals surface area contributed by atoms with Crippen molar-refractivity contribution in [1.82, 2.24) is 9.97 Å². The molecule has 1 fully saturated rings. The second kappa shape index (κ2) is 5.09. The zero-order valence-electron chi connectivity index (χ0n) is 9.06. The number of anilines is 2. The van der Waals surface area contributed by atoms with E-state index in [1.165, 1.54) is 0 Å². The zero-order chi connectivity index (χ0) is 11.4. The van der Waals surface area contributed by atoms with E-state index < -0.39 is 0 Å². The number of nitrogens with zero attached hydrogens (tertiary/aromatic N) is 2. The summed E-state index contributed by atoms with van der Waals surface area (Å²) in [7, 11) is 0. The predicted octanol–water partition coefficient (Wildman–Crippen LogP) is 0.478. The third-order valence-electron chi connectivity index (χ3n) is 2.83. The second-order valence-corrected chi connectivity index (χ2v) is 4.06. The standard InChI is InChI=1S/C10H17N5O/c11-15-10-12-6-5-9(14-10)13-7-1-3-8(16)4-2-7/h5-8,16H,1-4,11H2,(H2,12,13,14,15). The van der Waals surface area contributed by atoms with Crippen LogP contribution in [0.4, 0.5) is 11.8 Å². The fraction of sp³-hybridized carbons (Fsp3) is 0.600. The van der Waals surface area contributed by atoms with Gasteiger partial charge < -0.3 is 10.4 Å². The van der Waals surface area contributed by atoms with Gasteiger partial charge in [-0.3, -0.25) is 5.43 Å². The topological polar surface area (TPSA) is 96.1 Å². The number of nitrogens with one attached hydrogen (secondary N) is 2. The molecule has 0 atom stereocenters. The highest BCUT2D eigenvalue weighted by atomic mass is 16.3. The van der Waals surface area contributed by atoms with Gasteiger partial charge in [-0.05, 0) is 31.7 Å². The van der Waals surface area contributed by atoms with Crippen LogP contribution >= 0.6 is 0 Å². The third-order valence-corrected chi connectivity index (χ3v) is 2.83. The maximum atomic E-state index is 9.40. The molecular weight excluding hydrogens is 206 g/mol. The minimum Gasteiger partial charge on any atom is -0.393 e. The van der Waals surface area contributed by atoms with E-state index in [-0.39, 0.29) is 6.10 Å². The lowest BCUT2D eigenvalue weighted by Crippen LogP contribution is -2.28. The van der Waals surface area contributed by atoms with Crippen molar-refractivity contribution in [1.29, 1.82) is 0 Å². The van der Waals surface area contributed by atoms with Gasteiger partial charge in [0.1, 0.15) is 5.82 Å². The Morgan fingerprint density at radius 1 is 1.31 bits per heavy atom. The summed E-state index contributed by atoms with van der Waals surface area (Å²) < 4.78 is 0. The van der Waals surface area contributed by atoms with Gasteiger partial charge in [0.05, 0.1) is 6.10 Å². The summed E-state index contributed by atoms with van der Waals surface area (Å²) in [5.74, 6) is 6.41. The Kier molecular flexibility index (Phi) is 3.53. The maximum absolute atomic E-state index is 9.40. The van der Waals surface area contributed by atoms with Crippen molar-refractivity contribution in [2.24, 2.45) is 5.84 Å². The van der Waals surface area contributed by atoms with Crippen molar-refractivity contribution in [2.75, 3.05) is 10.7 Å². The molecule has 1 aliphatic carbocycles. The first kappa shape index (κ1) is 11.1. The molecule has 0 amide bonds. The second-order valence-electron chi connectivity index (χ2n) is 4.06. The molecule has 0 unspecified atom stereocenters. The van der Waals surface area contributed by atoms with Crippen LogP contribution in [0.25, 0.3) is 0 Å². The molecule has 2 rings (SSSR count). The summed E-state index contributed by atoms with van der Waals surface area (Å²) >= 11 is 0. The largest absolute Gasteiger partial charge is 0.393 e. The lowest BCUT2D eigenvalue weighted by Gasteiger charge is -2.26. The van der Waals surface area contributed by atoms with E-state index in [1.54, 1.807) is 6.20 Å². The third kappa shape index (κ3) is 2.80. The lowest BCUT2D eigenvalue weighted by atomic mass is 9.93. The molecule has 6 nitrogen and oxygen atoms in total. The Labute approximate surface area is 94.3 Å². The Hall–Kier alpha value is -1.40. The zero-order valence-corrected chi connectivity index (χ0v) is 9.06. The lowest BCUT2D eigenvalue weighted by molar-refractivity contribution is 0.126. The first-order valence-electron chi connectivity index (χ1n) is 5.52. The molecule has 0 aromatic carbocycles. The van der Waals surface area contributed by atoms with Crippen LogP contribution in [-0.4, -0.2) is 27.2 Å². The van der Waals surface area contributed by atoms with Crippen LogP contribution < -0.4 is 16.6 Å². The Bertz CT molecular complexity index is 338. The van der Waals surface area contributed by atoms with Gasteiger partial charge in [-0.2, -0.15) is 4.98 Å². The van der Waals surface area contributed by atoms with Crippen LogP contribution in [0.5, 0.6) is 0 Å². The fourth-order valence-corrected chi connectivity index (χ4v) is 1.94. The van der Waals surface area contributed by atoms with Crippen LogP contribution in [0, 0.1) is 0 Å². The molecule has 16 heavy (non-hydrogen) atoms. The van der Waals surface area contributed by atoms with Crippen molar-refractivity contribution in [2.45, 2.75) is 37.8 Å². The summed E-state index contributed by atoms with van der Waals surface area (Å²) in [6, 6.07) is 2.19. The van der Waals surface area contributed by atoms with Crippen molar-refractivity contribution < 1.29 is 5.11 Å². The van der Waals surface area contributed by atoms with E-state index >= 15 is 0 Å². The molecule has 1 aromatic heterocycles. The molecule has 0 spiro atoms. The summed E-state index contributed by atoms with van der Waals surface area (Å²) in [5.41, 5.74) is 2.41. The van der Waals surface area contributed by atoms with Gasteiger partial charge in [0.25, 0.3) is 0 Å². The van der Waals surface area contributed by atoms with Gasteiger partial charge >= 0.3 is 0 Å². The fourth-order valence-electron chi connectivity index (χ4n) is 1.94. The van der Waals surface area contributed by atoms with E-state index in [9.17, 15) is 5.11 Å². The highest BCUT2D eigenvalue weighted by Crippen LogP contribution is 2.21. The molecule has 0 radical (unpaired) electrons. The molecular formula is C10H17N5O. The molecule has 88 valence electrons. The molecule has 0 bridgehead atoms. The Morgan fingerprint density at radius 3 is 2.75 bits per heavy atom. The molecule has 1 aliphatic rings. The number of aliphatic hydroxyl groups excluding tert-OH is 1. The van der Waals surface area contributed by atoms with Gasteiger partial charge in [-0.15, -0.1) is 0 Å². The van der Waals surface area contributed by atoms with E-state index in [4.69, 9.17) is 5.84 Å². The minimum absolute atomic E-state index is 0.135. The summed E-state index contributed by atoms with van der Waals surface area (Å²) in [4.78, 5) is 8.12. The monoisotopic (exact) mass is 223 g/mol. The summed E-state index contributed by atoms with van der Waals surface area (Å²) in [6.07, 6.45) is 5.16. The van der Waals surface area contributed by atoms with E-state index in [1.807, 2.05) is 6.07 Å². The average Bonchev–Trinajstić information content (AvgIpc) is 2.32. The van der Waals surface area contributed by atoms with Crippen molar-refractivity contribution >= 4 is 11.8 Å². The maximum Gasteiger partial charge on any atom is 0.239 e. The number of nitrogens with two attached hydrogens (primary N) is 1. The van der Waals surface area contributed by atoms with Gasteiger partial charge in [-0.25, -0.2) is 10.8 Å². The first-order valence-corrected chi connectivity index (χ1v) is 5.52. The van der Waals surface area contributed by atoms with Crippen molar-refractivity contribution in [3.63, 3.8) is 0 Å². The number of aliphatic hydroxyl groups is 1. The van der Waals surface area contributed by atoms with Crippen LogP contribution in [0.1, 0.15) is 25.7 Å². The van der Waals surface area contributed by atoms with E-state index in [0.717, 1.165) is 31.5 Å². The van der Waals surface area contributed by atoms with Crippen LogP contribution in [0.2, 0.25) is 0 Å². The normalized spacial score (nSPS) is 25.1. The molecule has 0 aliphatic heterocycles. The number of nitrogen functional groups attached to an aromatic ring is 1. The smallest absolute Gasteiger partial charge is 0.239 e. The highest BCUT2D eigenvalue weighted by Gasteiger charge is 2.19. The summed E-state index contributed by atoms with van der Waals surface area (Å²) in [6.45, 7) is 0. The predicted molar refractivity (Wildman–Crippen MR) is 61.7 cm³/mol. The number of hydrogen-bond acceptors (Lipinski definition) is 6. The number of rotatable bonds is 3. The van der Waals surface area contributed by atoms with Gasteiger partial charge in [-0.1, -0.05) is 0 Å². The molecule has 5 N–H and O–H groups in total. The molecule has 6 heteroatoms. The van der Waals surface area contributed by atoms with E-state index in [2.05, 4.69) is 20.7 Å². The number of aromatic nitrogens is 2. The molecule has 0 saturated heterocycles. The number of hydrazine groups is 1. The first-order chi connectivity index (χ1) is 7.78. The van der Waals surface area contributed by atoms with Gasteiger partial charge in [0.2, 0.25) is 5.95 Å². The SMILES string of the molecule is NNc1nccc(NC2CCC(O)CC2)n1. The van der Waals surface area contributed by atoms with Crippen molar-refractivity contribution in [3.8, 4) is 0 Å².